The summed E-state index contributed by atoms with van der Waals surface area (Å²) in [4.78, 5) is 0. The molecule has 0 bridgehead atoms. The van der Waals surface area contributed by atoms with Crippen LogP contribution in [-0.2, 0) is 0 Å². The summed E-state index contributed by atoms with van der Waals surface area (Å²) >= 11 is 0. The Hall–Kier alpha value is -1.14. The minimum Gasteiger partial charge on any atom is -0.391 e. The summed E-state index contributed by atoms with van der Waals surface area (Å²) in [5, 5.41) is 9.00. The molecule has 3 N–H and O–H groups in total. The summed E-state index contributed by atoms with van der Waals surface area (Å²) in [7, 11) is 0. The fraction of sp³-hybridized carbons (Fsp3) is 0.333. The van der Waals surface area contributed by atoms with Gasteiger partial charge in [-0.1, -0.05) is 0 Å². The van der Waals surface area contributed by atoms with Crippen LogP contribution in [0, 0.1) is 23.3 Å². The number of hydrogen-bond acceptors (Lipinski definition) is 2. The van der Waals surface area contributed by atoms with Gasteiger partial charge < -0.3 is 10.8 Å². The van der Waals surface area contributed by atoms with Crippen molar-refractivity contribution in [1.29, 1.82) is 0 Å². The number of aliphatic hydroxyl groups is 1. The van der Waals surface area contributed by atoms with Crippen molar-refractivity contribution in [1.82, 2.24) is 0 Å². The molecule has 0 amide bonds. The lowest BCUT2D eigenvalue weighted by Gasteiger charge is -2.17. The highest BCUT2D eigenvalue weighted by molar-refractivity contribution is 5.26. The summed E-state index contributed by atoms with van der Waals surface area (Å²) in [6.07, 6.45) is -1.32. The fourth-order valence-corrected chi connectivity index (χ4v) is 1.13. The van der Waals surface area contributed by atoms with Gasteiger partial charge >= 0.3 is 0 Å². The molecule has 0 aliphatic rings. The highest BCUT2D eigenvalue weighted by atomic mass is 19.2. The lowest BCUT2D eigenvalue weighted by Crippen LogP contribution is -2.26. The highest BCUT2D eigenvalue weighted by Gasteiger charge is 2.26. The van der Waals surface area contributed by atoms with Crippen molar-refractivity contribution in [2.24, 2.45) is 5.73 Å². The van der Waals surface area contributed by atoms with Gasteiger partial charge in [-0.05, 0) is 6.92 Å². The summed E-state index contributed by atoms with van der Waals surface area (Å²) < 4.78 is 51.6. The summed E-state index contributed by atoms with van der Waals surface area (Å²) in [6.45, 7) is 1.16. The Balaban J connectivity index is 3.39. The third kappa shape index (κ3) is 2.10. The molecular weight excluding hydrogens is 214 g/mol. The molecule has 1 aromatic rings. The van der Waals surface area contributed by atoms with Crippen LogP contribution >= 0.6 is 0 Å². The second kappa shape index (κ2) is 4.16. The maximum Gasteiger partial charge on any atom is 0.166 e. The molecule has 0 fully saturated rings. The van der Waals surface area contributed by atoms with Gasteiger partial charge in [0.25, 0.3) is 0 Å². The molecule has 84 valence electrons. The number of benzene rings is 1. The molecule has 0 unspecified atom stereocenters. The molecule has 2 atom stereocenters. The molecule has 0 aromatic heterocycles. The second-order valence-corrected chi connectivity index (χ2v) is 3.15. The van der Waals surface area contributed by atoms with Gasteiger partial charge in [0.05, 0.1) is 12.1 Å². The van der Waals surface area contributed by atoms with E-state index in [1.165, 1.54) is 0 Å². The quantitative estimate of drug-likeness (QED) is 0.591. The average Bonchev–Trinajstić information content (AvgIpc) is 2.15. The summed E-state index contributed by atoms with van der Waals surface area (Å²) in [5.74, 6) is -6.25. The molecule has 0 saturated heterocycles. The Morgan fingerprint density at radius 1 is 1.13 bits per heavy atom. The summed E-state index contributed by atoms with van der Waals surface area (Å²) in [5.41, 5.74) is 4.23. The third-order valence-electron chi connectivity index (χ3n) is 2.00. The molecule has 0 saturated carbocycles. The van der Waals surface area contributed by atoms with Crippen LogP contribution in [0.15, 0.2) is 6.07 Å². The molecule has 0 aliphatic carbocycles. The van der Waals surface area contributed by atoms with Gasteiger partial charge in [-0.2, -0.15) is 0 Å². The van der Waals surface area contributed by atoms with Crippen molar-refractivity contribution in [2.75, 3.05) is 0 Å². The van der Waals surface area contributed by atoms with E-state index in [0.29, 0.717) is 0 Å². The van der Waals surface area contributed by atoms with Crippen LogP contribution in [0.25, 0.3) is 0 Å². The normalized spacial score (nSPS) is 15.1. The highest BCUT2D eigenvalue weighted by Crippen LogP contribution is 2.25. The molecule has 0 radical (unpaired) electrons. The Kier molecular flexibility index (Phi) is 3.31. The van der Waals surface area contributed by atoms with E-state index >= 15 is 0 Å². The van der Waals surface area contributed by atoms with E-state index < -0.39 is 41.0 Å². The van der Waals surface area contributed by atoms with Gasteiger partial charge in [0.1, 0.15) is 0 Å². The van der Waals surface area contributed by atoms with Crippen molar-refractivity contribution in [3.8, 4) is 0 Å². The maximum atomic E-state index is 13.1. The molecule has 0 spiro atoms. The molecule has 6 heteroatoms. The summed E-state index contributed by atoms with van der Waals surface area (Å²) in [6, 6.07) is -1.43. The van der Waals surface area contributed by atoms with Gasteiger partial charge in [0.2, 0.25) is 0 Å². The first kappa shape index (κ1) is 11.9. The zero-order valence-electron chi connectivity index (χ0n) is 7.77. The molecule has 0 aliphatic heterocycles. The Morgan fingerprint density at radius 2 is 1.53 bits per heavy atom. The Morgan fingerprint density at radius 3 is 1.87 bits per heavy atom. The van der Waals surface area contributed by atoms with Crippen LogP contribution in [0.3, 0.4) is 0 Å². The lowest BCUT2D eigenvalue weighted by molar-refractivity contribution is 0.159. The molecular formula is C9H9F4NO. The van der Waals surface area contributed by atoms with Gasteiger partial charge in [-0.15, -0.1) is 0 Å². The fourth-order valence-electron chi connectivity index (χ4n) is 1.13. The van der Waals surface area contributed by atoms with Crippen LogP contribution in [0.2, 0.25) is 0 Å². The zero-order valence-corrected chi connectivity index (χ0v) is 7.77. The van der Waals surface area contributed by atoms with Crippen molar-refractivity contribution in [3.05, 3.63) is 34.9 Å². The van der Waals surface area contributed by atoms with Gasteiger partial charge in [-0.3, -0.25) is 0 Å². The predicted octanol–water partition coefficient (Wildman–Crippen LogP) is 1.62. The second-order valence-electron chi connectivity index (χ2n) is 3.15. The van der Waals surface area contributed by atoms with Crippen LogP contribution in [0.4, 0.5) is 17.6 Å². The van der Waals surface area contributed by atoms with Crippen molar-refractivity contribution >= 4 is 0 Å². The van der Waals surface area contributed by atoms with E-state index in [9.17, 15) is 17.6 Å². The van der Waals surface area contributed by atoms with E-state index in [0.717, 1.165) is 6.92 Å². The maximum absolute atomic E-state index is 13.1. The largest absolute Gasteiger partial charge is 0.391 e. The molecule has 0 heterocycles. The smallest absolute Gasteiger partial charge is 0.166 e. The first-order chi connectivity index (χ1) is 6.86. The lowest BCUT2D eigenvalue weighted by atomic mass is 10.0. The first-order valence-electron chi connectivity index (χ1n) is 4.12. The van der Waals surface area contributed by atoms with Gasteiger partial charge in [0, 0.05) is 11.6 Å². The molecule has 1 rings (SSSR count). The Labute approximate surface area is 83.3 Å². The number of nitrogens with two attached hydrogens (primary N) is 1. The minimum absolute atomic E-state index is 0.0862. The van der Waals surface area contributed by atoms with Crippen LogP contribution in [-0.4, -0.2) is 11.2 Å². The first-order valence-corrected chi connectivity index (χ1v) is 4.12. The van der Waals surface area contributed by atoms with Gasteiger partial charge in [-0.25, -0.2) is 17.6 Å². The monoisotopic (exact) mass is 223 g/mol. The zero-order chi connectivity index (χ0) is 11.7. The van der Waals surface area contributed by atoms with Crippen molar-refractivity contribution < 1.29 is 22.7 Å². The predicted molar refractivity (Wildman–Crippen MR) is 44.9 cm³/mol. The molecule has 1 aromatic carbocycles. The molecule has 2 nitrogen and oxygen atoms in total. The standard InChI is InChI=1S/C9H9F4NO/c1-3(15)9(14)6-7(12)4(10)2-5(11)8(6)13/h2-3,9,15H,14H2,1H3/t3-,9-/m0/s1. The van der Waals surface area contributed by atoms with E-state index in [2.05, 4.69) is 0 Å². The number of aliphatic hydroxyl groups excluding tert-OH is 1. The Bertz CT molecular complexity index is 355. The van der Waals surface area contributed by atoms with E-state index in [1.54, 1.807) is 0 Å². The minimum atomic E-state index is -1.58. The SMILES string of the molecule is C[C@H](O)[C@H](N)c1c(F)c(F)cc(F)c1F. The topological polar surface area (TPSA) is 46.2 Å². The van der Waals surface area contributed by atoms with E-state index in [4.69, 9.17) is 10.8 Å². The number of halogens is 4. The van der Waals surface area contributed by atoms with Gasteiger partial charge in [0.15, 0.2) is 23.3 Å². The molecule has 15 heavy (non-hydrogen) atoms. The number of hydrogen-bond donors (Lipinski definition) is 2. The average molecular weight is 223 g/mol. The van der Waals surface area contributed by atoms with Crippen LogP contribution < -0.4 is 5.73 Å². The van der Waals surface area contributed by atoms with E-state index in [1.807, 2.05) is 0 Å². The van der Waals surface area contributed by atoms with E-state index in [-0.39, 0.29) is 6.07 Å². The van der Waals surface area contributed by atoms with Crippen LogP contribution in [0.1, 0.15) is 18.5 Å². The number of rotatable bonds is 2. The van der Waals surface area contributed by atoms with Crippen molar-refractivity contribution in [3.63, 3.8) is 0 Å². The van der Waals surface area contributed by atoms with Crippen molar-refractivity contribution in [2.45, 2.75) is 19.1 Å². The van der Waals surface area contributed by atoms with Crippen LogP contribution in [0.5, 0.6) is 0 Å². The third-order valence-corrected chi connectivity index (χ3v) is 2.00.